The van der Waals surface area contributed by atoms with Gasteiger partial charge in [0, 0.05) is 29.3 Å². The lowest BCUT2D eigenvalue weighted by atomic mass is 10.0. The van der Waals surface area contributed by atoms with E-state index >= 15 is 0 Å². The monoisotopic (exact) mass is 325 g/mol. The molecule has 0 amide bonds. The molecular weight excluding hydrogens is 310 g/mol. The topological polar surface area (TPSA) is 60.2 Å². The summed E-state index contributed by atoms with van der Waals surface area (Å²) in [6.07, 6.45) is 2.95. The van der Waals surface area contributed by atoms with Gasteiger partial charge in [0.05, 0.1) is 7.11 Å². The summed E-state index contributed by atoms with van der Waals surface area (Å²) in [5, 5.41) is 15.8. The minimum absolute atomic E-state index is 0.588. The van der Waals surface area contributed by atoms with Gasteiger partial charge in [-0.1, -0.05) is 12.1 Å². The van der Waals surface area contributed by atoms with Crippen molar-refractivity contribution in [1.82, 2.24) is 14.8 Å². The molecule has 4 rings (SSSR count). The molecule has 0 spiro atoms. The van der Waals surface area contributed by atoms with E-state index in [2.05, 4.69) is 10.1 Å². The Labute approximate surface area is 137 Å². The first kappa shape index (κ1) is 14.3. The van der Waals surface area contributed by atoms with Crippen LogP contribution in [0.4, 0.5) is 0 Å². The molecule has 6 heteroatoms. The molecule has 1 aliphatic heterocycles. The summed E-state index contributed by atoms with van der Waals surface area (Å²) < 4.78 is 7.02. The van der Waals surface area contributed by atoms with E-state index in [0.717, 1.165) is 33.2 Å². The number of rotatable bonds is 3. The molecule has 23 heavy (non-hydrogen) atoms. The average molecular weight is 325 g/mol. The number of fused-ring (bicyclic) bond motifs is 1. The lowest BCUT2D eigenvalue weighted by Gasteiger charge is -2.06. The summed E-state index contributed by atoms with van der Waals surface area (Å²) in [7, 11) is 1.65. The number of pyridine rings is 1. The highest BCUT2D eigenvalue weighted by molar-refractivity contribution is 7.99. The van der Waals surface area contributed by atoms with Crippen molar-refractivity contribution in [2.75, 3.05) is 12.9 Å². The SMILES string of the molecule is COc1cccc(-c2nn3c(c2-c2ccncc2)SCC3O)c1. The third-order valence-corrected chi connectivity index (χ3v) is 4.96. The van der Waals surface area contributed by atoms with E-state index in [0.29, 0.717) is 5.75 Å². The Balaban J connectivity index is 1.95. The van der Waals surface area contributed by atoms with E-state index < -0.39 is 6.23 Å². The molecule has 116 valence electrons. The summed E-state index contributed by atoms with van der Waals surface area (Å²) in [5.74, 6) is 1.41. The molecule has 2 aromatic heterocycles. The zero-order chi connectivity index (χ0) is 15.8. The maximum atomic E-state index is 10.2. The molecule has 1 aromatic carbocycles. The molecule has 1 unspecified atom stereocenters. The highest BCUT2D eigenvalue weighted by Crippen LogP contribution is 2.44. The first-order valence-electron chi connectivity index (χ1n) is 7.26. The van der Waals surface area contributed by atoms with Crippen molar-refractivity contribution >= 4 is 11.8 Å². The number of aliphatic hydroxyl groups is 1. The van der Waals surface area contributed by atoms with Crippen molar-refractivity contribution in [3.05, 3.63) is 48.8 Å². The first-order valence-corrected chi connectivity index (χ1v) is 8.24. The van der Waals surface area contributed by atoms with Gasteiger partial charge in [0.25, 0.3) is 0 Å². The van der Waals surface area contributed by atoms with Crippen LogP contribution in [0.15, 0.2) is 53.8 Å². The van der Waals surface area contributed by atoms with Gasteiger partial charge in [0.1, 0.15) is 16.5 Å². The maximum Gasteiger partial charge on any atom is 0.157 e. The zero-order valence-electron chi connectivity index (χ0n) is 12.5. The molecule has 0 bridgehead atoms. The second kappa shape index (κ2) is 5.72. The Hall–Kier alpha value is -2.31. The van der Waals surface area contributed by atoms with Gasteiger partial charge < -0.3 is 9.84 Å². The number of aliphatic hydroxyl groups excluding tert-OH is 1. The van der Waals surface area contributed by atoms with E-state index in [1.165, 1.54) is 0 Å². The summed E-state index contributed by atoms with van der Waals surface area (Å²) in [5.41, 5.74) is 3.88. The van der Waals surface area contributed by atoms with Gasteiger partial charge in [-0.25, -0.2) is 4.68 Å². The van der Waals surface area contributed by atoms with Crippen LogP contribution in [0.1, 0.15) is 6.23 Å². The minimum Gasteiger partial charge on any atom is -0.497 e. The number of hydrogen-bond acceptors (Lipinski definition) is 5. The lowest BCUT2D eigenvalue weighted by Crippen LogP contribution is -2.06. The molecule has 0 fully saturated rings. The van der Waals surface area contributed by atoms with Gasteiger partial charge in [-0.05, 0) is 29.8 Å². The van der Waals surface area contributed by atoms with Crippen LogP contribution in [0.3, 0.4) is 0 Å². The Bertz CT molecular complexity index is 848. The summed E-state index contributed by atoms with van der Waals surface area (Å²) >= 11 is 1.62. The Morgan fingerprint density at radius 3 is 2.83 bits per heavy atom. The average Bonchev–Trinajstić information content (AvgIpc) is 3.16. The first-order chi connectivity index (χ1) is 11.3. The second-order valence-corrected chi connectivity index (χ2v) is 6.24. The molecule has 1 N–H and O–H groups in total. The van der Waals surface area contributed by atoms with E-state index in [-0.39, 0.29) is 0 Å². The summed E-state index contributed by atoms with van der Waals surface area (Å²) in [6.45, 7) is 0. The fraction of sp³-hybridized carbons (Fsp3) is 0.176. The predicted octanol–water partition coefficient (Wildman–Crippen LogP) is 3.22. The summed E-state index contributed by atoms with van der Waals surface area (Å²) in [4.78, 5) is 4.09. The maximum absolute atomic E-state index is 10.2. The van der Waals surface area contributed by atoms with Crippen molar-refractivity contribution in [2.24, 2.45) is 0 Å². The van der Waals surface area contributed by atoms with Crippen molar-refractivity contribution in [2.45, 2.75) is 11.3 Å². The number of ether oxygens (including phenoxy) is 1. The van der Waals surface area contributed by atoms with E-state index in [1.54, 1.807) is 35.9 Å². The molecule has 0 saturated heterocycles. The minimum atomic E-state index is -0.588. The molecule has 3 heterocycles. The number of aromatic nitrogens is 3. The standard InChI is InChI=1S/C17H15N3O2S/c1-22-13-4-2-3-12(9-13)16-15(11-5-7-18-8-6-11)17-20(19-16)14(21)10-23-17/h2-9,14,21H,10H2,1H3. The molecule has 3 aromatic rings. The van der Waals surface area contributed by atoms with Gasteiger partial charge in [0.2, 0.25) is 0 Å². The largest absolute Gasteiger partial charge is 0.497 e. The van der Waals surface area contributed by atoms with Gasteiger partial charge in [-0.3, -0.25) is 4.98 Å². The number of thioether (sulfide) groups is 1. The van der Waals surface area contributed by atoms with E-state index in [9.17, 15) is 5.11 Å². The van der Waals surface area contributed by atoms with E-state index in [4.69, 9.17) is 4.74 Å². The Kier molecular flexibility index (Phi) is 3.55. The fourth-order valence-electron chi connectivity index (χ4n) is 2.73. The van der Waals surface area contributed by atoms with Crippen molar-refractivity contribution in [1.29, 1.82) is 0 Å². The lowest BCUT2D eigenvalue weighted by molar-refractivity contribution is 0.113. The van der Waals surface area contributed by atoms with Gasteiger partial charge in [0.15, 0.2) is 6.23 Å². The molecule has 1 aliphatic rings. The van der Waals surface area contributed by atoms with Crippen LogP contribution in [-0.4, -0.2) is 32.7 Å². The van der Waals surface area contributed by atoms with Crippen molar-refractivity contribution in [3.63, 3.8) is 0 Å². The predicted molar refractivity (Wildman–Crippen MR) is 89.4 cm³/mol. The van der Waals surface area contributed by atoms with Crippen LogP contribution in [-0.2, 0) is 0 Å². The molecular formula is C17H15N3O2S. The van der Waals surface area contributed by atoms with Crippen molar-refractivity contribution < 1.29 is 9.84 Å². The molecule has 1 atom stereocenters. The third-order valence-electron chi connectivity index (χ3n) is 3.83. The number of hydrogen-bond donors (Lipinski definition) is 1. The smallest absolute Gasteiger partial charge is 0.157 e. The normalized spacial score (nSPS) is 16.3. The van der Waals surface area contributed by atoms with Crippen LogP contribution >= 0.6 is 11.8 Å². The fourth-order valence-corrected chi connectivity index (χ4v) is 3.84. The van der Waals surface area contributed by atoms with Gasteiger partial charge in [-0.15, -0.1) is 11.8 Å². The van der Waals surface area contributed by atoms with Crippen molar-refractivity contribution in [3.8, 4) is 28.1 Å². The number of nitrogens with zero attached hydrogens (tertiary/aromatic N) is 3. The highest BCUT2D eigenvalue weighted by Gasteiger charge is 2.29. The van der Waals surface area contributed by atoms with Crippen LogP contribution in [0.5, 0.6) is 5.75 Å². The molecule has 5 nitrogen and oxygen atoms in total. The second-order valence-electron chi connectivity index (χ2n) is 5.23. The Morgan fingerprint density at radius 1 is 1.22 bits per heavy atom. The molecule has 0 radical (unpaired) electrons. The van der Waals surface area contributed by atoms with Gasteiger partial charge >= 0.3 is 0 Å². The molecule has 0 aliphatic carbocycles. The van der Waals surface area contributed by atoms with Crippen LogP contribution in [0.25, 0.3) is 22.4 Å². The van der Waals surface area contributed by atoms with Crippen LogP contribution in [0, 0.1) is 0 Å². The molecule has 0 saturated carbocycles. The van der Waals surface area contributed by atoms with Crippen LogP contribution in [0.2, 0.25) is 0 Å². The van der Waals surface area contributed by atoms with Crippen LogP contribution < -0.4 is 4.74 Å². The Morgan fingerprint density at radius 2 is 2.04 bits per heavy atom. The quantitative estimate of drug-likeness (QED) is 0.801. The van der Waals surface area contributed by atoms with Gasteiger partial charge in [-0.2, -0.15) is 5.10 Å². The number of benzene rings is 1. The third kappa shape index (κ3) is 2.40. The van der Waals surface area contributed by atoms with E-state index in [1.807, 2.05) is 36.4 Å². The number of methoxy groups -OCH3 is 1. The summed E-state index contributed by atoms with van der Waals surface area (Å²) in [6, 6.07) is 11.7. The zero-order valence-corrected chi connectivity index (χ0v) is 13.3. The highest BCUT2D eigenvalue weighted by atomic mass is 32.2.